The summed E-state index contributed by atoms with van der Waals surface area (Å²) in [6.07, 6.45) is 2.73. The van der Waals surface area contributed by atoms with Crippen LogP contribution in [0.3, 0.4) is 0 Å². The highest BCUT2D eigenvalue weighted by Gasteiger charge is 2.25. The van der Waals surface area contributed by atoms with Crippen LogP contribution in [0.15, 0.2) is 59.1 Å². The molecule has 1 aliphatic rings. The zero-order valence-electron chi connectivity index (χ0n) is 26.6. The average molecular weight is 614 g/mol. The van der Waals surface area contributed by atoms with E-state index in [1.165, 1.54) is 0 Å². The van der Waals surface area contributed by atoms with Crippen LogP contribution < -0.4 is 10.1 Å². The minimum atomic E-state index is -0.612. The number of hydrogen-bond donors (Lipinski definition) is 2. The number of likely N-dealkylation sites (tertiary alicyclic amines) is 1. The van der Waals surface area contributed by atoms with E-state index in [9.17, 15) is 9.90 Å². The number of carbonyl (C=O) groups excluding carboxylic acids is 1. The summed E-state index contributed by atoms with van der Waals surface area (Å²) in [6.45, 7) is 8.18. The molecule has 1 atom stereocenters. The molecule has 238 valence electrons. The first-order valence-corrected chi connectivity index (χ1v) is 15.6. The molecule has 0 saturated carbocycles. The first-order valence-electron chi connectivity index (χ1n) is 15.6. The van der Waals surface area contributed by atoms with E-state index in [-0.39, 0.29) is 19.3 Å². The molecule has 4 aromatic rings. The molecule has 2 aromatic heterocycles. The van der Waals surface area contributed by atoms with Crippen molar-refractivity contribution < 1.29 is 23.9 Å². The van der Waals surface area contributed by atoms with E-state index in [4.69, 9.17) is 24.0 Å². The molecule has 1 fully saturated rings. The van der Waals surface area contributed by atoms with Gasteiger partial charge in [-0.1, -0.05) is 47.6 Å². The van der Waals surface area contributed by atoms with Crippen LogP contribution in [-0.4, -0.2) is 70.6 Å². The lowest BCUT2D eigenvalue weighted by Gasteiger charge is -2.31. The second-order valence-electron chi connectivity index (χ2n) is 11.7. The molecule has 0 bridgehead atoms. The SMILES string of the molecule is CNCC(O)COc1cccc(-c2nc(CCC3CCN(C(=O)OCc4ccccc4)CC3)c(C)c(-c3c(C)noc3C)n2)c1. The van der Waals surface area contributed by atoms with E-state index in [1.807, 2.05) is 73.3 Å². The standard InChI is InChI=1S/C35H43N5O5/c1-23-31(14-13-26-15-17-40(18-16-26)35(42)44-21-27-9-6-5-7-10-27)37-34(38-33(23)32-24(2)39-45-25(32)3)28-11-8-12-30(19-28)43-22-29(41)20-36-4/h5-12,19,26,29,36,41H,13-18,20-22H2,1-4H3. The smallest absolute Gasteiger partial charge is 0.410 e. The zero-order chi connectivity index (χ0) is 31.8. The maximum Gasteiger partial charge on any atom is 0.410 e. The topological polar surface area (TPSA) is 123 Å². The number of nitrogens with zero attached hydrogens (tertiary/aromatic N) is 4. The normalized spacial score (nSPS) is 14.4. The van der Waals surface area contributed by atoms with Crippen molar-refractivity contribution in [3.63, 3.8) is 0 Å². The number of aryl methyl sites for hydroxylation is 3. The summed E-state index contributed by atoms with van der Waals surface area (Å²) in [4.78, 5) is 24.5. The van der Waals surface area contributed by atoms with Gasteiger partial charge in [-0.3, -0.25) is 0 Å². The molecule has 0 spiro atoms. The van der Waals surface area contributed by atoms with Crippen molar-refractivity contribution in [3.8, 4) is 28.4 Å². The van der Waals surface area contributed by atoms with Crippen molar-refractivity contribution in [1.82, 2.24) is 25.3 Å². The van der Waals surface area contributed by atoms with Crippen LogP contribution in [0.25, 0.3) is 22.6 Å². The number of nitrogens with one attached hydrogen (secondary N) is 1. The van der Waals surface area contributed by atoms with Crippen LogP contribution >= 0.6 is 0 Å². The summed E-state index contributed by atoms with van der Waals surface area (Å²) >= 11 is 0. The van der Waals surface area contributed by atoms with Gasteiger partial charge in [0.25, 0.3) is 0 Å². The number of carbonyl (C=O) groups is 1. The maximum absolute atomic E-state index is 12.7. The maximum atomic E-state index is 12.7. The van der Waals surface area contributed by atoms with Gasteiger partial charge in [-0.05, 0) is 82.7 Å². The summed E-state index contributed by atoms with van der Waals surface area (Å²) in [6, 6.07) is 17.4. The fourth-order valence-electron chi connectivity index (χ4n) is 5.77. The van der Waals surface area contributed by atoms with Gasteiger partial charge in [-0.15, -0.1) is 0 Å². The highest BCUT2D eigenvalue weighted by Crippen LogP contribution is 2.33. The Kier molecular flexibility index (Phi) is 10.8. The molecule has 1 amide bonds. The minimum absolute atomic E-state index is 0.179. The quantitative estimate of drug-likeness (QED) is 0.208. The van der Waals surface area contributed by atoms with Crippen molar-refractivity contribution in [2.75, 3.05) is 33.3 Å². The largest absolute Gasteiger partial charge is 0.491 e. The number of aliphatic hydroxyl groups is 1. The molecule has 3 heterocycles. The molecule has 0 radical (unpaired) electrons. The van der Waals surface area contributed by atoms with Crippen LogP contribution in [0.5, 0.6) is 5.75 Å². The fourth-order valence-corrected chi connectivity index (χ4v) is 5.77. The number of aliphatic hydroxyl groups excluding tert-OH is 1. The number of rotatable bonds is 12. The molecular weight excluding hydrogens is 570 g/mol. The Morgan fingerprint density at radius 1 is 1.09 bits per heavy atom. The molecule has 0 aliphatic carbocycles. The van der Waals surface area contributed by atoms with Gasteiger partial charge in [0.05, 0.1) is 17.0 Å². The van der Waals surface area contributed by atoms with Gasteiger partial charge in [0.2, 0.25) is 0 Å². The Morgan fingerprint density at radius 3 is 2.58 bits per heavy atom. The lowest BCUT2D eigenvalue weighted by atomic mass is 9.90. The van der Waals surface area contributed by atoms with E-state index < -0.39 is 6.10 Å². The van der Waals surface area contributed by atoms with Crippen LogP contribution in [0, 0.1) is 26.7 Å². The number of ether oxygens (including phenoxy) is 2. The predicted octanol–water partition coefficient (Wildman–Crippen LogP) is 5.66. The lowest BCUT2D eigenvalue weighted by molar-refractivity contribution is 0.0815. The van der Waals surface area contributed by atoms with Gasteiger partial charge in [0, 0.05) is 30.9 Å². The van der Waals surface area contributed by atoms with E-state index in [2.05, 4.69) is 17.4 Å². The van der Waals surface area contributed by atoms with Crippen molar-refractivity contribution >= 4 is 6.09 Å². The summed E-state index contributed by atoms with van der Waals surface area (Å²) in [7, 11) is 1.79. The Labute approximate surface area is 264 Å². The lowest BCUT2D eigenvalue weighted by Crippen LogP contribution is -2.38. The second kappa shape index (κ2) is 15.1. The summed E-state index contributed by atoms with van der Waals surface area (Å²) in [5.41, 5.74) is 6.30. The van der Waals surface area contributed by atoms with Crippen molar-refractivity contribution in [3.05, 3.63) is 82.9 Å². The molecule has 10 nitrogen and oxygen atoms in total. The minimum Gasteiger partial charge on any atom is -0.491 e. The van der Waals surface area contributed by atoms with Gasteiger partial charge in [0.15, 0.2) is 5.82 Å². The molecule has 1 unspecified atom stereocenters. The highest BCUT2D eigenvalue weighted by molar-refractivity contribution is 5.71. The molecule has 1 aliphatic heterocycles. The van der Waals surface area contributed by atoms with Crippen molar-refractivity contribution in [2.45, 2.75) is 59.2 Å². The molecule has 2 aromatic carbocycles. The van der Waals surface area contributed by atoms with Crippen LogP contribution in [-0.2, 0) is 17.8 Å². The van der Waals surface area contributed by atoms with E-state index >= 15 is 0 Å². The summed E-state index contributed by atoms with van der Waals surface area (Å²) in [5, 5.41) is 17.2. The second-order valence-corrected chi connectivity index (χ2v) is 11.7. The Bertz CT molecular complexity index is 1550. The van der Waals surface area contributed by atoms with Gasteiger partial charge in [-0.2, -0.15) is 0 Å². The fraction of sp³-hybridized carbons (Fsp3) is 0.429. The Balaban J connectivity index is 1.29. The van der Waals surface area contributed by atoms with E-state index in [0.717, 1.165) is 65.0 Å². The highest BCUT2D eigenvalue weighted by atomic mass is 16.6. The Morgan fingerprint density at radius 2 is 1.87 bits per heavy atom. The molecule has 1 saturated heterocycles. The number of piperidine rings is 1. The molecule has 2 N–H and O–H groups in total. The molecule has 5 rings (SSSR count). The van der Waals surface area contributed by atoms with Gasteiger partial charge in [-0.25, -0.2) is 14.8 Å². The average Bonchev–Trinajstić information content (AvgIpc) is 3.40. The van der Waals surface area contributed by atoms with E-state index in [0.29, 0.717) is 42.9 Å². The number of hydrogen-bond acceptors (Lipinski definition) is 9. The Hall–Kier alpha value is -4.28. The van der Waals surface area contributed by atoms with Gasteiger partial charge < -0.3 is 29.3 Å². The third-order valence-electron chi connectivity index (χ3n) is 8.36. The molecule has 10 heteroatoms. The molecule has 45 heavy (non-hydrogen) atoms. The first-order chi connectivity index (χ1) is 21.8. The van der Waals surface area contributed by atoms with Crippen LogP contribution in [0.2, 0.25) is 0 Å². The number of amides is 1. The third kappa shape index (κ3) is 8.26. The predicted molar refractivity (Wildman–Crippen MR) is 172 cm³/mol. The third-order valence-corrected chi connectivity index (χ3v) is 8.36. The van der Waals surface area contributed by atoms with Gasteiger partial charge in [0.1, 0.15) is 30.8 Å². The van der Waals surface area contributed by atoms with Crippen molar-refractivity contribution in [2.24, 2.45) is 5.92 Å². The summed E-state index contributed by atoms with van der Waals surface area (Å²) < 4.78 is 16.9. The van der Waals surface area contributed by atoms with Crippen LogP contribution in [0.4, 0.5) is 4.79 Å². The number of aromatic nitrogens is 3. The first kappa shape index (κ1) is 32.1. The zero-order valence-corrected chi connectivity index (χ0v) is 26.6. The monoisotopic (exact) mass is 613 g/mol. The van der Waals surface area contributed by atoms with Crippen LogP contribution in [0.1, 0.15) is 47.5 Å². The summed E-state index contributed by atoms with van der Waals surface area (Å²) in [5.74, 6) is 2.43. The van der Waals surface area contributed by atoms with E-state index in [1.54, 1.807) is 7.05 Å². The number of benzene rings is 2. The van der Waals surface area contributed by atoms with Gasteiger partial charge >= 0.3 is 6.09 Å². The number of likely N-dealkylation sites (N-methyl/N-ethyl adjacent to an activating group) is 1. The molecular formula is C35H43N5O5. The van der Waals surface area contributed by atoms with Crippen molar-refractivity contribution in [1.29, 1.82) is 0 Å².